The first-order valence-corrected chi connectivity index (χ1v) is 7.74. The molecule has 1 saturated heterocycles. The van der Waals surface area contributed by atoms with Gasteiger partial charge in [0.05, 0.1) is 43.2 Å². The van der Waals surface area contributed by atoms with Crippen LogP contribution in [0, 0.1) is 5.41 Å². The first-order chi connectivity index (χ1) is 10.4. The third-order valence-corrected chi connectivity index (χ3v) is 4.02. The molecule has 0 radical (unpaired) electrons. The summed E-state index contributed by atoms with van der Waals surface area (Å²) in [7, 11) is 1.58. The van der Waals surface area contributed by atoms with Crippen molar-refractivity contribution in [2.45, 2.75) is 20.1 Å². The summed E-state index contributed by atoms with van der Waals surface area (Å²) < 4.78 is 22.0. The van der Waals surface area contributed by atoms with E-state index in [0.29, 0.717) is 35.6 Å². The normalized spacial score (nSPS) is 16.4. The largest absolute Gasteiger partial charge is 0.504 e. The molecule has 2 rings (SSSR count). The zero-order valence-corrected chi connectivity index (χ0v) is 14.4. The molecule has 22 heavy (non-hydrogen) atoms. The molecule has 0 aromatic heterocycles. The first-order valence-electron chi connectivity index (χ1n) is 6.98. The molecule has 0 unspecified atom stereocenters. The summed E-state index contributed by atoms with van der Waals surface area (Å²) in [6, 6.07) is 3.44. The Hall–Kier alpha value is -0.940. The maximum Gasteiger partial charge on any atom is 0.166 e. The lowest BCUT2D eigenvalue weighted by molar-refractivity contribution is -0.131. The molecule has 1 aromatic carbocycles. The van der Waals surface area contributed by atoms with Crippen LogP contribution < -0.4 is 4.74 Å². The molecule has 0 atom stereocenters. The standard InChI is InChI=1S/C16H20Cl2O4/c1-16(2,15-20-6-7-21-15)10-22-14-9-13(18)12(17)8-11(14)4-5-19-3/h4-5,8-9,15H,6-7,10H2,1-3H3. The molecule has 1 aliphatic rings. The quantitative estimate of drug-likeness (QED) is 0.716. The van der Waals surface area contributed by atoms with Crippen molar-refractivity contribution in [2.75, 3.05) is 26.9 Å². The van der Waals surface area contributed by atoms with Crippen molar-refractivity contribution in [3.8, 4) is 5.75 Å². The number of methoxy groups -OCH3 is 1. The van der Waals surface area contributed by atoms with Crippen molar-refractivity contribution in [1.29, 1.82) is 0 Å². The van der Waals surface area contributed by atoms with E-state index in [1.165, 1.54) is 0 Å². The Kier molecular flexibility index (Phi) is 5.98. The monoisotopic (exact) mass is 346 g/mol. The second-order valence-electron chi connectivity index (χ2n) is 5.69. The van der Waals surface area contributed by atoms with Crippen molar-refractivity contribution in [1.82, 2.24) is 0 Å². The van der Waals surface area contributed by atoms with Crippen LogP contribution in [0.1, 0.15) is 19.4 Å². The molecule has 0 amide bonds. The fraction of sp³-hybridized carbons (Fsp3) is 0.500. The minimum atomic E-state index is -0.287. The minimum absolute atomic E-state index is 0.270. The van der Waals surface area contributed by atoms with Gasteiger partial charge in [-0.1, -0.05) is 37.0 Å². The van der Waals surface area contributed by atoms with Crippen molar-refractivity contribution in [3.05, 3.63) is 34.0 Å². The third-order valence-electron chi connectivity index (χ3n) is 3.30. The molecule has 0 saturated carbocycles. The number of hydrogen-bond donors (Lipinski definition) is 0. The van der Waals surface area contributed by atoms with Gasteiger partial charge in [0.25, 0.3) is 0 Å². The predicted octanol–water partition coefficient (Wildman–Crippen LogP) is 4.39. The van der Waals surface area contributed by atoms with E-state index in [4.69, 9.17) is 42.1 Å². The summed E-state index contributed by atoms with van der Waals surface area (Å²) in [6.45, 7) is 5.71. The van der Waals surface area contributed by atoms with E-state index in [0.717, 1.165) is 5.56 Å². The molecule has 0 bridgehead atoms. The third kappa shape index (κ3) is 4.29. The smallest absolute Gasteiger partial charge is 0.166 e. The number of benzene rings is 1. The van der Waals surface area contributed by atoms with E-state index < -0.39 is 0 Å². The number of halogens is 2. The molecule has 0 aliphatic carbocycles. The highest BCUT2D eigenvalue weighted by molar-refractivity contribution is 6.42. The summed E-state index contributed by atoms with van der Waals surface area (Å²) in [5, 5.41) is 0.906. The minimum Gasteiger partial charge on any atom is -0.504 e. The van der Waals surface area contributed by atoms with E-state index in [-0.39, 0.29) is 11.7 Å². The lowest BCUT2D eigenvalue weighted by Crippen LogP contribution is -2.36. The molecule has 0 N–H and O–H groups in total. The molecular formula is C16H20Cl2O4. The molecule has 4 nitrogen and oxygen atoms in total. The average molecular weight is 347 g/mol. The highest BCUT2D eigenvalue weighted by Crippen LogP contribution is 2.34. The summed E-state index contributed by atoms with van der Waals surface area (Å²) in [4.78, 5) is 0. The summed E-state index contributed by atoms with van der Waals surface area (Å²) in [5.74, 6) is 0.633. The van der Waals surface area contributed by atoms with Crippen LogP contribution in [0.4, 0.5) is 0 Å². The zero-order chi connectivity index (χ0) is 16.2. The Labute approximate surface area is 140 Å². The Morgan fingerprint density at radius 2 is 1.86 bits per heavy atom. The van der Waals surface area contributed by atoms with Gasteiger partial charge in [-0.3, -0.25) is 0 Å². The van der Waals surface area contributed by atoms with E-state index in [2.05, 4.69) is 0 Å². The molecule has 6 heteroatoms. The van der Waals surface area contributed by atoms with Gasteiger partial charge in [-0.05, 0) is 12.1 Å². The van der Waals surface area contributed by atoms with Crippen LogP contribution >= 0.6 is 23.2 Å². The maximum atomic E-state index is 6.08. The van der Waals surface area contributed by atoms with Crippen molar-refractivity contribution in [3.63, 3.8) is 0 Å². The van der Waals surface area contributed by atoms with Gasteiger partial charge in [0.2, 0.25) is 0 Å². The first kappa shape index (κ1) is 17.4. The molecule has 1 heterocycles. The lowest BCUT2D eigenvalue weighted by atomic mass is 9.94. The van der Waals surface area contributed by atoms with Crippen molar-refractivity contribution >= 4 is 29.3 Å². The van der Waals surface area contributed by atoms with Crippen molar-refractivity contribution < 1.29 is 18.9 Å². The second-order valence-corrected chi connectivity index (χ2v) is 6.51. The van der Waals surface area contributed by atoms with Crippen LogP contribution in [0.25, 0.3) is 6.08 Å². The molecular weight excluding hydrogens is 327 g/mol. The van der Waals surface area contributed by atoms with Crippen molar-refractivity contribution in [2.24, 2.45) is 5.41 Å². The van der Waals surface area contributed by atoms with Crippen LogP contribution in [0.15, 0.2) is 18.4 Å². The lowest BCUT2D eigenvalue weighted by Gasteiger charge is -2.29. The van der Waals surface area contributed by atoms with Gasteiger partial charge in [-0.25, -0.2) is 0 Å². The van der Waals surface area contributed by atoms with Gasteiger partial charge >= 0.3 is 0 Å². The number of ether oxygens (including phenoxy) is 4. The Morgan fingerprint density at radius 1 is 1.23 bits per heavy atom. The summed E-state index contributed by atoms with van der Waals surface area (Å²) >= 11 is 12.1. The number of hydrogen-bond acceptors (Lipinski definition) is 4. The highest BCUT2D eigenvalue weighted by atomic mass is 35.5. The molecule has 1 aromatic rings. The van der Waals surface area contributed by atoms with Gasteiger partial charge in [0, 0.05) is 17.0 Å². The maximum absolute atomic E-state index is 6.08. The van der Waals surface area contributed by atoms with Gasteiger partial charge in [-0.2, -0.15) is 0 Å². The average Bonchev–Trinajstić information content (AvgIpc) is 3.01. The van der Waals surface area contributed by atoms with Crippen LogP contribution in [0.3, 0.4) is 0 Å². The zero-order valence-electron chi connectivity index (χ0n) is 12.9. The van der Waals surface area contributed by atoms with Gasteiger partial charge in [0.15, 0.2) is 6.29 Å². The molecule has 1 fully saturated rings. The summed E-state index contributed by atoms with van der Waals surface area (Å²) in [6.07, 6.45) is 3.06. The van der Waals surface area contributed by atoms with Crippen LogP contribution in [0.5, 0.6) is 5.75 Å². The van der Waals surface area contributed by atoms with E-state index in [1.807, 2.05) is 13.8 Å². The predicted molar refractivity (Wildman–Crippen MR) is 87.5 cm³/mol. The van der Waals surface area contributed by atoms with Crippen LogP contribution in [0.2, 0.25) is 10.0 Å². The van der Waals surface area contributed by atoms with Gasteiger partial charge in [0.1, 0.15) is 5.75 Å². The van der Waals surface area contributed by atoms with Crippen LogP contribution in [-0.4, -0.2) is 33.2 Å². The SMILES string of the molecule is COC=Cc1cc(Cl)c(Cl)cc1OCC(C)(C)C1OCCO1. The fourth-order valence-corrected chi connectivity index (χ4v) is 2.41. The molecule has 0 spiro atoms. The Morgan fingerprint density at radius 3 is 2.50 bits per heavy atom. The van der Waals surface area contributed by atoms with Gasteiger partial charge in [-0.15, -0.1) is 0 Å². The summed E-state index contributed by atoms with van der Waals surface area (Å²) in [5.41, 5.74) is 0.505. The highest BCUT2D eigenvalue weighted by Gasteiger charge is 2.35. The van der Waals surface area contributed by atoms with E-state index >= 15 is 0 Å². The topological polar surface area (TPSA) is 36.9 Å². The molecule has 122 valence electrons. The molecule has 1 aliphatic heterocycles. The number of rotatable bonds is 6. The van der Waals surface area contributed by atoms with E-state index in [9.17, 15) is 0 Å². The fourth-order valence-electron chi connectivity index (χ4n) is 2.08. The van der Waals surface area contributed by atoms with Gasteiger partial charge < -0.3 is 18.9 Å². The van der Waals surface area contributed by atoms with E-state index in [1.54, 1.807) is 31.6 Å². The second kappa shape index (κ2) is 7.55. The Balaban J connectivity index is 2.14. The van der Waals surface area contributed by atoms with Crippen LogP contribution in [-0.2, 0) is 14.2 Å². The Bertz CT molecular complexity index is 537.